The summed E-state index contributed by atoms with van der Waals surface area (Å²) in [6, 6.07) is 5.11. The Bertz CT molecular complexity index is 551. The van der Waals surface area contributed by atoms with Crippen LogP contribution in [0.3, 0.4) is 0 Å². The topological polar surface area (TPSA) is 74.9 Å². The number of carbonyl (C=O) groups excluding carboxylic acids is 1. The molecule has 1 N–H and O–H groups in total. The highest BCUT2D eigenvalue weighted by Gasteiger charge is 2.12. The molecule has 1 amide bonds. The van der Waals surface area contributed by atoms with Gasteiger partial charge in [-0.1, -0.05) is 13.8 Å². The summed E-state index contributed by atoms with van der Waals surface area (Å²) >= 11 is 0. The number of nitriles is 1. The maximum atomic E-state index is 11.9. The summed E-state index contributed by atoms with van der Waals surface area (Å²) < 4.78 is 1.33. The highest BCUT2D eigenvalue weighted by atomic mass is 16.2. The summed E-state index contributed by atoms with van der Waals surface area (Å²) in [6.07, 6.45) is 1.71. The Morgan fingerprint density at radius 3 is 2.58 bits per heavy atom. The van der Waals surface area contributed by atoms with Crippen molar-refractivity contribution in [3.8, 4) is 6.07 Å². The Morgan fingerprint density at radius 2 is 2.05 bits per heavy atom. The quantitative estimate of drug-likeness (QED) is 0.869. The molecule has 0 aliphatic carbocycles. The van der Waals surface area contributed by atoms with Crippen LogP contribution in [0.25, 0.3) is 0 Å². The number of carbonyl (C=O) groups is 1. The predicted octanol–water partition coefficient (Wildman–Crippen LogP) is 1.33. The van der Waals surface area contributed by atoms with E-state index in [0.717, 1.165) is 12.8 Å². The maximum absolute atomic E-state index is 11.9. The molecule has 0 aliphatic rings. The fourth-order valence-corrected chi connectivity index (χ4v) is 1.86. The molecule has 19 heavy (non-hydrogen) atoms. The van der Waals surface area contributed by atoms with Crippen LogP contribution in [0.4, 0.5) is 0 Å². The Balaban J connectivity index is 2.92. The van der Waals surface area contributed by atoms with Crippen molar-refractivity contribution in [1.29, 1.82) is 5.26 Å². The molecule has 1 rings (SSSR count). The monoisotopic (exact) mass is 261 g/mol. The lowest BCUT2D eigenvalue weighted by Gasteiger charge is -2.16. The minimum atomic E-state index is -0.415. The largest absolute Gasteiger partial charge is 0.352 e. The number of hydrogen-bond acceptors (Lipinski definition) is 3. The van der Waals surface area contributed by atoms with Crippen LogP contribution in [0.5, 0.6) is 0 Å². The van der Waals surface area contributed by atoms with E-state index >= 15 is 0 Å². The minimum Gasteiger partial charge on any atom is -0.352 e. The van der Waals surface area contributed by atoms with E-state index in [-0.39, 0.29) is 24.1 Å². The third-order valence-electron chi connectivity index (χ3n) is 3.17. The second-order valence-corrected chi connectivity index (χ2v) is 4.47. The van der Waals surface area contributed by atoms with Crippen LogP contribution >= 0.6 is 0 Å². The number of hydrogen-bond donors (Lipinski definition) is 1. The molecule has 1 heterocycles. The van der Waals surface area contributed by atoms with Gasteiger partial charge in [0.05, 0.1) is 0 Å². The van der Waals surface area contributed by atoms with E-state index in [9.17, 15) is 9.59 Å². The van der Waals surface area contributed by atoms with E-state index in [4.69, 9.17) is 5.26 Å². The minimum absolute atomic E-state index is 0.0450. The summed E-state index contributed by atoms with van der Waals surface area (Å²) in [4.78, 5) is 23.8. The molecule has 0 radical (unpaired) electrons. The Labute approximate surface area is 112 Å². The number of rotatable bonds is 5. The van der Waals surface area contributed by atoms with Gasteiger partial charge in [0.2, 0.25) is 5.91 Å². The molecule has 0 saturated carbocycles. The summed E-state index contributed by atoms with van der Waals surface area (Å²) in [5.74, 6) is -0.200. The molecule has 0 saturated heterocycles. The first-order chi connectivity index (χ1) is 9.03. The van der Waals surface area contributed by atoms with E-state index in [1.165, 1.54) is 10.6 Å². The second-order valence-electron chi connectivity index (χ2n) is 4.47. The fourth-order valence-electron chi connectivity index (χ4n) is 1.86. The third-order valence-corrected chi connectivity index (χ3v) is 3.17. The highest BCUT2D eigenvalue weighted by Crippen LogP contribution is 1.99. The average Bonchev–Trinajstić information content (AvgIpc) is 2.41. The maximum Gasteiger partial charge on any atom is 0.269 e. The van der Waals surface area contributed by atoms with Crippen LogP contribution in [-0.2, 0) is 11.3 Å². The molecule has 0 aliphatic heterocycles. The zero-order valence-corrected chi connectivity index (χ0v) is 11.6. The molecule has 102 valence electrons. The highest BCUT2D eigenvalue weighted by molar-refractivity contribution is 5.76. The molecule has 0 fully saturated rings. The molecule has 0 spiro atoms. The van der Waals surface area contributed by atoms with Gasteiger partial charge in [0, 0.05) is 11.7 Å². The zero-order chi connectivity index (χ0) is 14.4. The fraction of sp³-hybridized carbons (Fsp3) is 0.500. The number of nitrogens with zero attached hydrogens (tertiary/aromatic N) is 2. The summed E-state index contributed by atoms with van der Waals surface area (Å²) in [5, 5.41) is 11.7. The van der Waals surface area contributed by atoms with E-state index in [1.807, 2.05) is 19.9 Å². The van der Waals surface area contributed by atoms with Gasteiger partial charge >= 0.3 is 0 Å². The molecule has 0 unspecified atom stereocenters. The first-order valence-corrected chi connectivity index (χ1v) is 6.43. The lowest BCUT2D eigenvalue weighted by atomic mass is 10.2. The first kappa shape index (κ1) is 15.0. The number of nitrogens with one attached hydrogen (secondary N) is 1. The Morgan fingerprint density at radius 1 is 1.42 bits per heavy atom. The van der Waals surface area contributed by atoms with E-state index in [2.05, 4.69) is 5.32 Å². The third kappa shape index (κ3) is 3.68. The van der Waals surface area contributed by atoms with Crippen molar-refractivity contribution < 1.29 is 4.79 Å². The first-order valence-electron chi connectivity index (χ1n) is 6.43. The molecule has 0 atom stereocenters. The molecule has 1 aromatic heterocycles. The van der Waals surface area contributed by atoms with E-state index in [1.54, 1.807) is 13.0 Å². The number of amides is 1. The van der Waals surface area contributed by atoms with Crippen molar-refractivity contribution in [3.05, 3.63) is 33.7 Å². The number of aryl methyl sites for hydroxylation is 1. The lowest BCUT2D eigenvalue weighted by molar-refractivity contribution is -0.122. The van der Waals surface area contributed by atoms with Crippen molar-refractivity contribution in [2.24, 2.45) is 0 Å². The number of pyridine rings is 1. The van der Waals surface area contributed by atoms with Crippen molar-refractivity contribution in [2.75, 3.05) is 0 Å². The van der Waals surface area contributed by atoms with Gasteiger partial charge in [-0.3, -0.25) is 9.59 Å². The summed E-state index contributed by atoms with van der Waals surface area (Å²) in [7, 11) is 0. The second kappa shape index (κ2) is 6.74. The van der Waals surface area contributed by atoms with E-state index < -0.39 is 5.56 Å². The molecule has 1 aromatic rings. The molecule has 5 nitrogen and oxygen atoms in total. The normalized spacial score (nSPS) is 10.3. The van der Waals surface area contributed by atoms with Gasteiger partial charge < -0.3 is 9.88 Å². The molecular weight excluding hydrogens is 242 g/mol. The van der Waals surface area contributed by atoms with Crippen LogP contribution < -0.4 is 10.9 Å². The van der Waals surface area contributed by atoms with Crippen molar-refractivity contribution in [1.82, 2.24) is 9.88 Å². The summed E-state index contributed by atoms with van der Waals surface area (Å²) in [6.45, 7) is 5.70. The summed E-state index contributed by atoms with van der Waals surface area (Å²) in [5.41, 5.74) is 0.312. The van der Waals surface area contributed by atoms with Gasteiger partial charge in [0.15, 0.2) is 0 Å². The lowest BCUT2D eigenvalue weighted by Crippen LogP contribution is -2.39. The average molecular weight is 261 g/mol. The van der Waals surface area contributed by atoms with Gasteiger partial charge in [-0.05, 0) is 31.9 Å². The SMILES string of the molecule is CCC(CC)NC(=O)Cn1c(C)ccc(C#N)c1=O. The van der Waals surface area contributed by atoms with Gasteiger partial charge in [-0.25, -0.2) is 0 Å². The van der Waals surface area contributed by atoms with Gasteiger partial charge in [0.25, 0.3) is 5.56 Å². The molecule has 0 aromatic carbocycles. The van der Waals surface area contributed by atoms with Crippen LogP contribution in [0.1, 0.15) is 37.9 Å². The molecule has 0 bridgehead atoms. The molecule has 5 heteroatoms. The zero-order valence-electron chi connectivity index (χ0n) is 11.6. The van der Waals surface area contributed by atoms with Crippen LogP contribution in [0.15, 0.2) is 16.9 Å². The predicted molar refractivity (Wildman–Crippen MR) is 72.7 cm³/mol. The van der Waals surface area contributed by atoms with Gasteiger partial charge in [0.1, 0.15) is 18.2 Å². The van der Waals surface area contributed by atoms with Crippen molar-refractivity contribution in [3.63, 3.8) is 0 Å². The van der Waals surface area contributed by atoms with Gasteiger partial charge in [-0.2, -0.15) is 5.26 Å². The Kier molecular flexibility index (Phi) is 5.31. The standard InChI is InChI=1S/C14H19N3O2/c1-4-12(5-2)16-13(18)9-17-10(3)6-7-11(8-15)14(17)19/h6-7,12H,4-5,9H2,1-3H3,(H,16,18). The van der Waals surface area contributed by atoms with Crippen molar-refractivity contribution >= 4 is 5.91 Å². The van der Waals surface area contributed by atoms with E-state index in [0.29, 0.717) is 5.69 Å². The van der Waals surface area contributed by atoms with Crippen LogP contribution in [0, 0.1) is 18.3 Å². The van der Waals surface area contributed by atoms with Crippen molar-refractivity contribution in [2.45, 2.75) is 46.2 Å². The molecular formula is C14H19N3O2. The number of aromatic nitrogens is 1. The smallest absolute Gasteiger partial charge is 0.269 e. The van der Waals surface area contributed by atoms with Crippen LogP contribution in [-0.4, -0.2) is 16.5 Å². The van der Waals surface area contributed by atoms with Crippen LogP contribution in [0.2, 0.25) is 0 Å². The Hall–Kier alpha value is -2.09. The van der Waals surface area contributed by atoms with Gasteiger partial charge in [-0.15, -0.1) is 0 Å².